The van der Waals surface area contributed by atoms with E-state index < -0.39 is 0 Å². The highest BCUT2D eigenvalue weighted by molar-refractivity contribution is 4.94. The van der Waals surface area contributed by atoms with Crippen molar-refractivity contribution in [3.8, 4) is 0 Å². The standard InChI is InChI=1S/C11H21N3/c1-4-12(5-2)7-9-14-10-8-13(6-3)11-14/h6,8,10H,3-5,7,9,11H2,1-2H3. The van der Waals surface area contributed by atoms with Crippen molar-refractivity contribution in [2.45, 2.75) is 13.8 Å². The van der Waals surface area contributed by atoms with Crippen molar-refractivity contribution in [2.75, 3.05) is 32.8 Å². The Morgan fingerprint density at radius 3 is 2.57 bits per heavy atom. The molecule has 14 heavy (non-hydrogen) atoms. The molecule has 0 atom stereocenters. The van der Waals surface area contributed by atoms with Crippen molar-refractivity contribution in [1.82, 2.24) is 14.7 Å². The quantitative estimate of drug-likeness (QED) is 0.636. The number of nitrogens with zero attached hydrogens (tertiary/aromatic N) is 3. The van der Waals surface area contributed by atoms with Crippen molar-refractivity contribution < 1.29 is 0 Å². The van der Waals surface area contributed by atoms with E-state index in [1.807, 2.05) is 6.20 Å². The molecule has 0 aliphatic carbocycles. The van der Waals surface area contributed by atoms with Gasteiger partial charge in [-0.05, 0) is 19.3 Å². The Balaban J connectivity index is 2.20. The van der Waals surface area contributed by atoms with E-state index in [1.54, 1.807) is 0 Å². The van der Waals surface area contributed by atoms with E-state index in [-0.39, 0.29) is 0 Å². The Kier molecular flexibility index (Phi) is 4.53. The van der Waals surface area contributed by atoms with Gasteiger partial charge in [-0.25, -0.2) is 0 Å². The highest BCUT2D eigenvalue weighted by atomic mass is 15.3. The first-order chi connectivity index (χ1) is 6.80. The minimum atomic E-state index is 0.949. The fraction of sp³-hybridized carbons (Fsp3) is 0.636. The second-order valence-electron chi connectivity index (χ2n) is 3.48. The molecule has 80 valence electrons. The predicted octanol–water partition coefficient (Wildman–Crippen LogP) is 1.52. The van der Waals surface area contributed by atoms with Crippen LogP contribution in [-0.2, 0) is 0 Å². The van der Waals surface area contributed by atoms with E-state index in [4.69, 9.17) is 0 Å². The lowest BCUT2D eigenvalue weighted by atomic mass is 10.4. The molecule has 1 aliphatic heterocycles. The van der Waals surface area contributed by atoms with E-state index in [1.165, 1.54) is 0 Å². The summed E-state index contributed by atoms with van der Waals surface area (Å²) in [4.78, 5) is 6.83. The summed E-state index contributed by atoms with van der Waals surface area (Å²) in [6.45, 7) is 13.6. The van der Waals surface area contributed by atoms with Crippen molar-refractivity contribution >= 4 is 0 Å². The molecule has 3 heteroatoms. The topological polar surface area (TPSA) is 9.72 Å². The molecule has 0 bridgehead atoms. The molecule has 0 radical (unpaired) electrons. The summed E-state index contributed by atoms with van der Waals surface area (Å²) in [7, 11) is 0. The summed E-state index contributed by atoms with van der Waals surface area (Å²) in [5.74, 6) is 0. The molecular weight excluding hydrogens is 174 g/mol. The summed E-state index contributed by atoms with van der Waals surface area (Å²) in [5.41, 5.74) is 0. The molecule has 0 aromatic carbocycles. The van der Waals surface area contributed by atoms with Gasteiger partial charge in [0.25, 0.3) is 0 Å². The van der Waals surface area contributed by atoms with E-state index >= 15 is 0 Å². The first-order valence-corrected chi connectivity index (χ1v) is 5.33. The molecule has 3 nitrogen and oxygen atoms in total. The average Bonchev–Trinajstić information content (AvgIpc) is 2.67. The molecule has 0 saturated carbocycles. The SMILES string of the molecule is C=CN1C=CN(CCN(CC)CC)C1. The van der Waals surface area contributed by atoms with Crippen LogP contribution in [0.15, 0.2) is 25.2 Å². The zero-order valence-electron chi connectivity index (χ0n) is 9.32. The van der Waals surface area contributed by atoms with Gasteiger partial charge in [0.2, 0.25) is 0 Å². The molecule has 0 fully saturated rings. The van der Waals surface area contributed by atoms with Gasteiger partial charge < -0.3 is 14.7 Å². The second kappa shape index (κ2) is 5.70. The molecule has 1 aliphatic rings. The summed E-state index contributed by atoms with van der Waals surface area (Å²) in [6.07, 6.45) is 6.05. The zero-order chi connectivity index (χ0) is 10.4. The van der Waals surface area contributed by atoms with E-state index in [2.05, 4.69) is 47.5 Å². The normalized spacial score (nSPS) is 15.6. The van der Waals surface area contributed by atoms with E-state index in [9.17, 15) is 0 Å². The van der Waals surface area contributed by atoms with Gasteiger partial charge in [0.1, 0.15) is 0 Å². The van der Waals surface area contributed by atoms with Crippen LogP contribution < -0.4 is 0 Å². The summed E-state index contributed by atoms with van der Waals surface area (Å²) in [6, 6.07) is 0. The number of hydrogen-bond acceptors (Lipinski definition) is 3. The first-order valence-electron chi connectivity index (χ1n) is 5.33. The molecular formula is C11H21N3. The van der Waals surface area contributed by atoms with Crippen LogP contribution in [-0.4, -0.2) is 47.5 Å². The van der Waals surface area contributed by atoms with Crippen LogP contribution in [0.25, 0.3) is 0 Å². The minimum Gasteiger partial charge on any atom is -0.357 e. The maximum Gasteiger partial charge on any atom is 0.0936 e. The van der Waals surface area contributed by atoms with E-state index in [0.717, 1.165) is 32.8 Å². The third-order valence-electron chi connectivity index (χ3n) is 2.65. The summed E-state index contributed by atoms with van der Waals surface area (Å²) < 4.78 is 0. The van der Waals surface area contributed by atoms with Gasteiger partial charge in [0.15, 0.2) is 0 Å². The Labute approximate surface area is 87.3 Å². The lowest BCUT2D eigenvalue weighted by molar-refractivity contribution is 0.240. The molecule has 1 heterocycles. The van der Waals surface area contributed by atoms with Gasteiger partial charge in [-0.15, -0.1) is 0 Å². The number of rotatable bonds is 6. The average molecular weight is 195 g/mol. The molecule has 0 aromatic heterocycles. The van der Waals surface area contributed by atoms with Crippen LogP contribution in [0.2, 0.25) is 0 Å². The lowest BCUT2D eigenvalue weighted by Crippen LogP contribution is -2.33. The maximum absolute atomic E-state index is 3.74. The maximum atomic E-state index is 3.74. The number of hydrogen-bond donors (Lipinski definition) is 0. The van der Waals surface area contributed by atoms with Crippen molar-refractivity contribution in [2.24, 2.45) is 0 Å². The summed E-state index contributed by atoms with van der Waals surface area (Å²) in [5, 5.41) is 0. The van der Waals surface area contributed by atoms with Crippen LogP contribution in [0.3, 0.4) is 0 Å². The smallest absolute Gasteiger partial charge is 0.0936 e. The molecule has 0 saturated heterocycles. The zero-order valence-corrected chi connectivity index (χ0v) is 9.32. The van der Waals surface area contributed by atoms with Crippen LogP contribution in [0.5, 0.6) is 0 Å². The highest BCUT2D eigenvalue weighted by Crippen LogP contribution is 2.05. The van der Waals surface area contributed by atoms with Crippen molar-refractivity contribution in [1.29, 1.82) is 0 Å². The van der Waals surface area contributed by atoms with E-state index in [0.29, 0.717) is 0 Å². The van der Waals surface area contributed by atoms with Gasteiger partial charge in [0.05, 0.1) is 6.67 Å². The van der Waals surface area contributed by atoms with Gasteiger partial charge in [0, 0.05) is 25.5 Å². The van der Waals surface area contributed by atoms with Crippen LogP contribution in [0.4, 0.5) is 0 Å². The molecule has 0 unspecified atom stereocenters. The molecule has 0 N–H and O–H groups in total. The fourth-order valence-electron chi connectivity index (χ4n) is 1.56. The van der Waals surface area contributed by atoms with Crippen molar-refractivity contribution in [3.05, 3.63) is 25.2 Å². The van der Waals surface area contributed by atoms with Crippen LogP contribution >= 0.6 is 0 Å². The fourth-order valence-corrected chi connectivity index (χ4v) is 1.56. The van der Waals surface area contributed by atoms with Gasteiger partial charge in [-0.1, -0.05) is 20.4 Å². The van der Waals surface area contributed by atoms with Crippen LogP contribution in [0, 0.1) is 0 Å². The molecule has 0 spiro atoms. The molecule has 0 amide bonds. The van der Waals surface area contributed by atoms with Gasteiger partial charge in [-0.2, -0.15) is 0 Å². The van der Waals surface area contributed by atoms with Crippen molar-refractivity contribution in [3.63, 3.8) is 0 Å². The lowest BCUT2D eigenvalue weighted by Gasteiger charge is -2.23. The first kappa shape index (κ1) is 11.1. The minimum absolute atomic E-state index is 0.949. The number of likely N-dealkylation sites (N-methyl/N-ethyl adjacent to an activating group) is 1. The Bertz CT molecular complexity index is 197. The third-order valence-corrected chi connectivity index (χ3v) is 2.65. The largest absolute Gasteiger partial charge is 0.357 e. The Morgan fingerprint density at radius 1 is 1.36 bits per heavy atom. The van der Waals surface area contributed by atoms with Gasteiger partial charge >= 0.3 is 0 Å². The monoisotopic (exact) mass is 195 g/mol. The second-order valence-corrected chi connectivity index (χ2v) is 3.48. The third kappa shape index (κ3) is 3.07. The Hall–Kier alpha value is -0.960. The molecule has 0 aromatic rings. The summed E-state index contributed by atoms with van der Waals surface area (Å²) >= 11 is 0. The predicted molar refractivity (Wildman–Crippen MR) is 60.5 cm³/mol. The Morgan fingerprint density at radius 2 is 2.07 bits per heavy atom. The highest BCUT2D eigenvalue weighted by Gasteiger charge is 2.09. The van der Waals surface area contributed by atoms with Crippen LogP contribution in [0.1, 0.15) is 13.8 Å². The molecule has 1 rings (SSSR count). The van der Waals surface area contributed by atoms with Gasteiger partial charge in [-0.3, -0.25) is 0 Å².